The third-order valence-corrected chi connectivity index (χ3v) is 4.14. The number of nitrogens with zero attached hydrogens (tertiary/aromatic N) is 1. The Hall–Kier alpha value is -1.79. The topological polar surface area (TPSA) is 81.2 Å². The van der Waals surface area contributed by atoms with Gasteiger partial charge >= 0.3 is 0 Å². The van der Waals surface area contributed by atoms with Crippen molar-refractivity contribution >= 4 is 17.7 Å². The number of thioether (sulfide) groups is 1. The highest BCUT2D eigenvalue weighted by Gasteiger charge is 2.12. The normalized spacial score (nSPS) is 12.1. The van der Waals surface area contributed by atoms with E-state index in [1.165, 1.54) is 5.56 Å². The number of carbonyl (C=O) groups is 1. The molecule has 0 bridgehead atoms. The van der Waals surface area contributed by atoms with Crippen LogP contribution < -0.4 is 11.1 Å². The Morgan fingerprint density at radius 3 is 2.83 bits per heavy atom. The fraction of sp³-hybridized carbons (Fsp3) is 0.412. The van der Waals surface area contributed by atoms with E-state index in [2.05, 4.69) is 10.3 Å². The maximum Gasteiger partial charge on any atom is 0.236 e. The molecule has 6 heteroatoms. The van der Waals surface area contributed by atoms with Gasteiger partial charge in [0.1, 0.15) is 6.26 Å². The minimum Gasteiger partial charge on any atom is -0.444 e. The summed E-state index contributed by atoms with van der Waals surface area (Å²) in [5.41, 5.74) is 8.78. The Balaban J connectivity index is 1.81. The predicted molar refractivity (Wildman–Crippen MR) is 94.4 cm³/mol. The lowest BCUT2D eigenvalue weighted by Gasteiger charge is -2.10. The zero-order chi connectivity index (χ0) is 16.7. The van der Waals surface area contributed by atoms with Crippen molar-refractivity contribution < 1.29 is 9.21 Å². The minimum absolute atomic E-state index is 0.110. The van der Waals surface area contributed by atoms with Crippen molar-refractivity contribution in [3.8, 4) is 11.5 Å². The van der Waals surface area contributed by atoms with E-state index in [4.69, 9.17) is 10.2 Å². The van der Waals surface area contributed by atoms with E-state index >= 15 is 0 Å². The lowest BCUT2D eigenvalue weighted by atomic mass is 10.1. The molecule has 0 spiro atoms. The Labute approximate surface area is 141 Å². The number of nitrogens with one attached hydrogen (secondary N) is 1. The van der Waals surface area contributed by atoms with E-state index in [1.807, 2.05) is 37.4 Å². The van der Waals surface area contributed by atoms with Gasteiger partial charge in [0.25, 0.3) is 0 Å². The first-order valence-electron chi connectivity index (χ1n) is 7.64. The van der Waals surface area contributed by atoms with Crippen LogP contribution in [0.15, 0.2) is 34.9 Å². The second-order valence-electron chi connectivity index (χ2n) is 5.44. The number of nitrogens with two attached hydrogens (primary N) is 1. The van der Waals surface area contributed by atoms with Gasteiger partial charge in [-0.2, -0.15) is 11.8 Å². The van der Waals surface area contributed by atoms with Gasteiger partial charge in [-0.1, -0.05) is 17.7 Å². The lowest BCUT2D eigenvalue weighted by Crippen LogP contribution is -2.41. The lowest BCUT2D eigenvalue weighted by molar-refractivity contribution is -0.122. The second-order valence-corrected chi connectivity index (χ2v) is 6.42. The zero-order valence-electron chi connectivity index (χ0n) is 13.5. The SMILES string of the molecule is CSCC[C@H](N)C(=O)NCCc1coc(-c2ccc(C)cc2)n1. The molecule has 2 aromatic rings. The van der Waals surface area contributed by atoms with Crippen LogP contribution in [-0.4, -0.2) is 35.5 Å². The van der Waals surface area contributed by atoms with Crippen molar-refractivity contribution in [3.05, 3.63) is 41.8 Å². The standard InChI is InChI=1S/C17H23N3O2S/c1-12-3-5-13(6-4-12)17-20-14(11-22-17)7-9-19-16(21)15(18)8-10-23-2/h3-6,11,15H,7-10,18H2,1-2H3,(H,19,21)/t15-/m0/s1. The first-order chi connectivity index (χ1) is 11.1. The predicted octanol–water partition coefficient (Wildman–Crippen LogP) is 2.39. The molecule has 0 aliphatic carbocycles. The van der Waals surface area contributed by atoms with Crippen molar-refractivity contribution in [3.63, 3.8) is 0 Å². The molecule has 2 rings (SSSR count). The Kier molecular flexibility index (Phi) is 6.67. The number of hydrogen-bond acceptors (Lipinski definition) is 5. The molecule has 0 aliphatic heterocycles. The third kappa shape index (κ3) is 5.41. The highest BCUT2D eigenvalue weighted by atomic mass is 32.2. The van der Waals surface area contributed by atoms with Crippen molar-refractivity contribution in [2.75, 3.05) is 18.6 Å². The number of rotatable bonds is 8. The molecule has 0 saturated heterocycles. The molecule has 5 nitrogen and oxygen atoms in total. The number of oxazole rings is 1. The molecule has 0 aliphatic rings. The summed E-state index contributed by atoms with van der Waals surface area (Å²) < 4.78 is 5.50. The van der Waals surface area contributed by atoms with Crippen LogP contribution in [0.1, 0.15) is 17.7 Å². The van der Waals surface area contributed by atoms with Crippen LogP contribution in [0.25, 0.3) is 11.5 Å². The molecular weight excluding hydrogens is 310 g/mol. The maximum absolute atomic E-state index is 11.8. The number of benzene rings is 1. The van der Waals surface area contributed by atoms with Crippen LogP contribution in [0.2, 0.25) is 0 Å². The van der Waals surface area contributed by atoms with E-state index in [1.54, 1.807) is 18.0 Å². The molecule has 23 heavy (non-hydrogen) atoms. The van der Waals surface area contributed by atoms with Gasteiger partial charge in [0.2, 0.25) is 11.8 Å². The molecule has 0 saturated carbocycles. The van der Waals surface area contributed by atoms with E-state index in [0.717, 1.165) is 17.0 Å². The second kappa shape index (κ2) is 8.74. The van der Waals surface area contributed by atoms with Crippen molar-refractivity contribution in [1.82, 2.24) is 10.3 Å². The van der Waals surface area contributed by atoms with E-state index in [9.17, 15) is 4.79 Å². The largest absolute Gasteiger partial charge is 0.444 e. The number of aryl methyl sites for hydroxylation is 1. The van der Waals surface area contributed by atoms with E-state index in [0.29, 0.717) is 25.3 Å². The zero-order valence-corrected chi connectivity index (χ0v) is 14.4. The molecule has 3 N–H and O–H groups in total. The van der Waals surface area contributed by atoms with Crippen LogP contribution in [0.3, 0.4) is 0 Å². The molecule has 1 aromatic carbocycles. The average Bonchev–Trinajstić information content (AvgIpc) is 3.02. The minimum atomic E-state index is -0.442. The first kappa shape index (κ1) is 17.6. The highest BCUT2D eigenvalue weighted by Crippen LogP contribution is 2.19. The summed E-state index contributed by atoms with van der Waals surface area (Å²) in [6.07, 6.45) is 4.95. The average molecular weight is 333 g/mol. The smallest absolute Gasteiger partial charge is 0.236 e. The molecule has 0 radical (unpaired) electrons. The summed E-state index contributed by atoms with van der Waals surface area (Å²) in [6, 6.07) is 7.57. The van der Waals surface area contributed by atoms with Crippen LogP contribution in [0.4, 0.5) is 0 Å². The van der Waals surface area contributed by atoms with Gasteiger partial charge < -0.3 is 15.5 Å². The van der Waals surface area contributed by atoms with Gasteiger partial charge in [-0.25, -0.2) is 4.98 Å². The summed E-state index contributed by atoms with van der Waals surface area (Å²) in [5, 5.41) is 2.84. The quantitative estimate of drug-likeness (QED) is 0.775. The Bertz CT molecular complexity index is 625. The van der Waals surface area contributed by atoms with Gasteiger partial charge in [0.15, 0.2) is 0 Å². The summed E-state index contributed by atoms with van der Waals surface area (Å²) in [7, 11) is 0. The number of amides is 1. The van der Waals surface area contributed by atoms with Crippen LogP contribution in [0.5, 0.6) is 0 Å². The fourth-order valence-corrected chi connectivity index (χ4v) is 2.56. The maximum atomic E-state index is 11.8. The summed E-state index contributed by atoms with van der Waals surface area (Å²) >= 11 is 1.69. The molecule has 124 valence electrons. The van der Waals surface area contributed by atoms with Crippen LogP contribution in [-0.2, 0) is 11.2 Å². The van der Waals surface area contributed by atoms with E-state index in [-0.39, 0.29) is 5.91 Å². The van der Waals surface area contributed by atoms with Crippen molar-refractivity contribution in [2.45, 2.75) is 25.8 Å². The number of carbonyl (C=O) groups excluding carboxylic acids is 1. The molecule has 1 aromatic heterocycles. The van der Waals surface area contributed by atoms with Gasteiger partial charge in [-0.15, -0.1) is 0 Å². The highest BCUT2D eigenvalue weighted by molar-refractivity contribution is 7.98. The fourth-order valence-electron chi connectivity index (χ4n) is 2.07. The van der Waals surface area contributed by atoms with Gasteiger partial charge in [-0.3, -0.25) is 4.79 Å². The van der Waals surface area contributed by atoms with Crippen LogP contribution in [0, 0.1) is 6.92 Å². The summed E-state index contributed by atoms with van der Waals surface area (Å²) in [4.78, 5) is 16.3. The summed E-state index contributed by atoms with van der Waals surface area (Å²) in [5.74, 6) is 1.38. The molecule has 1 atom stereocenters. The van der Waals surface area contributed by atoms with Gasteiger partial charge in [0, 0.05) is 18.5 Å². The van der Waals surface area contributed by atoms with Crippen molar-refractivity contribution in [2.24, 2.45) is 5.73 Å². The van der Waals surface area contributed by atoms with Gasteiger partial charge in [0.05, 0.1) is 11.7 Å². The molecule has 0 fully saturated rings. The van der Waals surface area contributed by atoms with Crippen LogP contribution >= 0.6 is 11.8 Å². The molecule has 0 unspecified atom stereocenters. The molecule has 1 heterocycles. The molecule has 1 amide bonds. The molecular formula is C17H23N3O2S. The first-order valence-corrected chi connectivity index (χ1v) is 9.03. The number of aromatic nitrogens is 1. The monoisotopic (exact) mass is 333 g/mol. The third-order valence-electron chi connectivity index (χ3n) is 3.50. The Morgan fingerprint density at radius 2 is 2.13 bits per heavy atom. The van der Waals surface area contributed by atoms with E-state index < -0.39 is 6.04 Å². The summed E-state index contributed by atoms with van der Waals surface area (Å²) in [6.45, 7) is 2.54. The Morgan fingerprint density at radius 1 is 1.39 bits per heavy atom. The van der Waals surface area contributed by atoms with Gasteiger partial charge in [-0.05, 0) is 37.5 Å². The number of hydrogen-bond donors (Lipinski definition) is 2. The van der Waals surface area contributed by atoms with Crippen molar-refractivity contribution in [1.29, 1.82) is 0 Å².